The molecule has 1 saturated heterocycles. The first kappa shape index (κ1) is 12.5. The van der Waals surface area contributed by atoms with Gasteiger partial charge in [-0.05, 0) is 31.9 Å². The Labute approximate surface area is 101 Å². The number of nitrogens with zero attached hydrogens (tertiary/aromatic N) is 1. The first-order valence-electron chi connectivity index (χ1n) is 5.71. The fraction of sp³-hybridized carbons (Fsp3) is 0.500. The quantitative estimate of drug-likeness (QED) is 0.814. The summed E-state index contributed by atoms with van der Waals surface area (Å²) in [4.78, 5) is 0.247. The Bertz CT molecular complexity index is 484. The Morgan fingerprint density at radius 2 is 1.94 bits per heavy atom. The van der Waals surface area contributed by atoms with E-state index in [1.807, 2.05) is 6.92 Å². The number of halogens is 1. The molecule has 1 aromatic carbocycles. The van der Waals surface area contributed by atoms with Gasteiger partial charge in [0.2, 0.25) is 10.0 Å². The summed E-state index contributed by atoms with van der Waals surface area (Å²) < 4.78 is 38.9. The lowest BCUT2D eigenvalue weighted by Gasteiger charge is -2.28. The molecule has 0 amide bonds. The predicted octanol–water partition coefficient (Wildman–Crippen LogP) is 2.12. The highest BCUT2D eigenvalue weighted by atomic mass is 32.2. The van der Waals surface area contributed by atoms with Crippen LogP contribution >= 0.6 is 0 Å². The van der Waals surface area contributed by atoms with Crippen molar-refractivity contribution >= 4 is 10.0 Å². The van der Waals surface area contributed by atoms with Gasteiger partial charge in [-0.15, -0.1) is 0 Å². The average Bonchev–Trinajstić information content (AvgIpc) is 2.29. The standard InChI is InChI=1S/C12H16FNO2S/c1-10-4-6-12(7-5-10)17(15,16)14-8-2-3-11(13)9-14/h4-7,11H,2-3,8-9H2,1H3/t11-/m1/s1. The SMILES string of the molecule is Cc1ccc(S(=O)(=O)N2CCC[C@@H](F)C2)cc1. The van der Waals surface area contributed by atoms with Crippen LogP contribution in [0.1, 0.15) is 18.4 Å². The van der Waals surface area contributed by atoms with Crippen LogP contribution in [0.15, 0.2) is 29.2 Å². The third-order valence-electron chi connectivity index (χ3n) is 2.99. The average molecular weight is 257 g/mol. The second-order valence-electron chi connectivity index (χ2n) is 4.42. The largest absolute Gasteiger partial charge is 0.246 e. The van der Waals surface area contributed by atoms with Gasteiger partial charge in [0.1, 0.15) is 6.17 Å². The van der Waals surface area contributed by atoms with Gasteiger partial charge in [0, 0.05) is 13.1 Å². The van der Waals surface area contributed by atoms with Gasteiger partial charge in [0.15, 0.2) is 0 Å². The van der Waals surface area contributed by atoms with Gasteiger partial charge in [-0.1, -0.05) is 17.7 Å². The van der Waals surface area contributed by atoms with Crippen LogP contribution in [-0.2, 0) is 10.0 Å². The number of sulfonamides is 1. The van der Waals surface area contributed by atoms with Crippen molar-refractivity contribution < 1.29 is 12.8 Å². The summed E-state index contributed by atoms with van der Waals surface area (Å²) in [5, 5.41) is 0. The fourth-order valence-electron chi connectivity index (χ4n) is 1.97. The summed E-state index contributed by atoms with van der Waals surface area (Å²) in [5.74, 6) is 0. The molecule has 3 nitrogen and oxygen atoms in total. The summed E-state index contributed by atoms with van der Waals surface area (Å²) in [6.45, 7) is 2.29. The van der Waals surface area contributed by atoms with E-state index in [0.717, 1.165) is 5.56 Å². The normalized spacial score (nSPS) is 22.6. The van der Waals surface area contributed by atoms with E-state index in [9.17, 15) is 12.8 Å². The maximum Gasteiger partial charge on any atom is 0.243 e. The minimum absolute atomic E-state index is 0.0176. The minimum atomic E-state index is -3.52. The monoisotopic (exact) mass is 257 g/mol. The molecule has 0 saturated carbocycles. The molecule has 0 N–H and O–H groups in total. The Morgan fingerprint density at radius 3 is 2.53 bits per heavy atom. The molecule has 1 heterocycles. The van der Waals surface area contributed by atoms with Gasteiger partial charge in [-0.2, -0.15) is 4.31 Å². The van der Waals surface area contributed by atoms with Crippen molar-refractivity contribution in [2.45, 2.75) is 30.8 Å². The summed E-state index contributed by atoms with van der Waals surface area (Å²) in [6.07, 6.45) is 0.00981. The van der Waals surface area contributed by atoms with Crippen molar-refractivity contribution in [1.82, 2.24) is 4.31 Å². The zero-order valence-corrected chi connectivity index (χ0v) is 10.6. The van der Waals surface area contributed by atoms with Crippen LogP contribution in [0.5, 0.6) is 0 Å². The zero-order valence-electron chi connectivity index (χ0n) is 9.77. The van der Waals surface area contributed by atoms with E-state index in [1.54, 1.807) is 24.3 Å². The van der Waals surface area contributed by atoms with Crippen molar-refractivity contribution in [2.24, 2.45) is 0 Å². The van der Waals surface area contributed by atoms with Gasteiger partial charge >= 0.3 is 0 Å². The number of benzene rings is 1. The highest BCUT2D eigenvalue weighted by Crippen LogP contribution is 2.22. The molecule has 1 aliphatic rings. The highest BCUT2D eigenvalue weighted by Gasteiger charge is 2.29. The summed E-state index contributed by atoms with van der Waals surface area (Å²) in [5.41, 5.74) is 1.01. The molecule has 0 radical (unpaired) electrons. The molecule has 1 aromatic rings. The highest BCUT2D eigenvalue weighted by molar-refractivity contribution is 7.89. The van der Waals surface area contributed by atoms with Crippen LogP contribution in [0, 0.1) is 6.92 Å². The molecular weight excluding hydrogens is 241 g/mol. The summed E-state index contributed by atoms with van der Waals surface area (Å²) in [6, 6.07) is 6.66. The second-order valence-corrected chi connectivity index (χ2v) is 6.35. The van der Waals surface area contributed by atoms with Crippen molar-refractivity contribution in [3.63, 3.8) is 0 Å². The van der Waals surface area contributed by atoms with Crippen LogP contribution in [0.4, 0.5) is 4.39 Å². The first-order chi connectivity index (χ1) is 8.00. The number of aryl methyl sites for hydroxylation is 1. The lowest BCUT2D eigenvalue weighted by molar-refractivity contribution is 0.203. The Kier molecular flexibility index (Phi) is 3.49. The van der Waals surface area contributed by atoms with Crippen LogP contribution in [0.25, 0.3) is 0 Å². The third-order valence-corrected chi connectivity index (χ3v) is 4.86. The maximum absolute atomic E-state index is 13.2. The molecule has 0 bridgehead atoms. The third kappa shape index (κ3) is 2.66. The van der Waals surface area contributed by atoms with E-state index in [4.69, 9.17) is 0 Å². The van der Waals surface area contributed by atoms with Crippen LogP contribution in [0.3, 0.4) is 0 Å². The molecule has 1 fully saturated rings. The molecule has 0 aromatic heterocycles. The lowest BCUT2D eigenvalue weighted by Crippen LogP contribution is -2.40. The molecule has 17 heavy (non-hydrogen) atoms. The molecule has 5 heteroatoms. The van der Waals surface area contributed by atoms with E-state index >= 15 is 0 Å². The van der Waals surface area contributed by atoms with E-state index in [0.29, 0.717) is 19.4 Å². The van der Waals surface area contributed by atoms with Crippen molar-refractivity contribution in [3.05, 3.63) is 29.8 Å². The van der Waals surface area contributed by atoms with Crippen LogP contribution in [-0.4, -0.2) is 32.0 Å². The number of hydrogen-bond donors (Lipinski definition) is 0. The van der Waals surface area contributed by atoms with Gasteiger partial charge in [-0.25, -0.2) is 12.8 Å². The van der Waals surface area contributed by atoms with Gasteiger partial charge in [-0.3, -0.25) is 0 Å². The second kappa shape index (κ2) is 4.74. The Morgan fingerprint density at radius 1 is 1.29 bits per heavy atom. The molecule has 1 atom stereocenters. The lowest BCUT2D eigenvalue weighted by atomic mass is 10.1. The number of piperidine rings is 1. The predicted molar refractivity (Wildman–Crippen MR) is 64.1 cm³/mol. The number of rotatable bonds is 2. The fourth-order valence-corrected chi connectivity index (χ4v) is 3.48. The van der Waals surface area contributed by atoms with Crippen molar-refractivity contribution in [2.75, 3.05) is 13.1 Å². The topological polar surface area (TPSA) is 37.4 Å². The molecule has 2 rings (SSSR count). The molecule has 1 aliphatic heterocycles. The molecule has 0 spiro atoms. The smallest absolute Gasteiger partial charge is 0.243 e. The van der Waals surface area contributed by atoms with Gasteiger partial charge < -0.3 is 0 Å². The zero-order chi connectivity index (χ0) is 12.5. The van der Waals surface area contributed by atoms with E-state index < -0.39 is 16.2 Å². The molecule has 94 valence electrons. The van der Waals surface area contributed by atoms with E-state index in [2.05, 4.69) is 0 Å². The van der Waals surface area contributed by atoms with Crippen molar-refractivity contribution in [1.29, 1.82) is 0 Å². The van der Waals surface area contributed by atoms with Gasteiger partial charge in [0.05, 0.1) is 4.90 Å². The first-order valence-corrected chi connectivity index (χ1v) is 7.15. The van der Waals surface area contributed by atoms with Crippen LogP contribution < -0.4 is 0 Å². The molecule has 0 unspecified atom stereocenters. The van der Waals surface area contributed by atoms with Crippen LogP contribution in [0.2, 0.25) is 0 Å². The maximum atomic E-state index is 13.2. The molecule has 0 aliphatic carbocycles. The van der Waals surface area contributed by atoms with E-state index in [-0.39, 0.29) is 11.4 Å². The number of hydrogen-bond acceptors (Lipinski definition) is 2. The minimum Gasteiger partial charge on any atom is -0.246 e. The van der Waals surface area contributed by atoms with Gasteiger partial charge in [0.25, 0.3) is 0 Å². The molecular formula is C12H16FNO2S. The van der Waals surface area contributed by atoms with E-state index in [1.165, 1.54) is 4.31 Å². The number of alkyl halides is 1. The summed E-state index contributed by atoms with van der Waals surface area (Å²) in [7, 11) is -3.52. The summed E-state index contributed by atoms with van der Waals surface area (Å²) >= 11 is 0. The van der Waals surface area contributed by atoms with Crippen molar-refractivity contribution in [3.8, 4) is 0 Å². The Hall–Kier alpha value is -0.940. The Balaban J connectivity index is 2.26.